The highest BCUT2D eigenvalue weighted by molar-refractivity contribution is 5.80. The molecule has 1 aromatic heterocycles. The average Bonchev–Trinajstić information content (AvgIpc) is 3.22. The Morgan fingerprint density at radius 3 is 2.65 bits per heavy atom. The smallest absolute Gasteiger partial charge is 0.225 e. The summed E-state index contributed by atoms with van der Waals surface area (Å²) in [6.07, 6.45) is 8.36. The molecule has 2 aliphatic rings. The van der Waals surface area contributed by atoms with Gasteiger partial charge in [0.1, 0.15) is 12.1 Å². The fourth-order valence-corrected chi connectivity index (χ4v) is 4.08. The molecule has 1 N–H and O–H groups in total. The number of carbonyl (C=O) groups excluding carboxylic acids is 1. The first kappa shape index (κ1) is 17.0. The molecule has 5 heteroatoms. The summed E-state index contributed by atoms with van der Waals surface area (Å²) in [5, 5.41) is 3.26. The van der Waals surface area contributed by atoms with E-state index < -0.39 is 0 Å². The molecule has 1 aliphatic carbocycles. The maximum atomic E-state index is 12.6. The number of benzene rings is 1. The van der Waals surface area contributed by atoms with Crippen LogP contribution in [0.4, 0.5) is 5.82 Å². The largest absolute Gasteiger partial charge is 0.356 e. The normalized spacial score (nSPS) is 20.9. The van der Waals surface area contributed by atoms with Gasteiger partial charge >= 0.3 is 0 Å². The van der Waals surface area contributed by atoms with E-state index in [0.29, 0.717) is 6.04 Å². The van der Waals surface area contributed by atoms with E-state index in [1.807, 2.05) is 24.3 Å². The number of hydrogen-bond donors (Lipinski definition) is 1. The topological polar surface area (TPSA) is 58.1 Å². The van der Waals surface area contributed by atoms with E-state index in [9.17, 15) is 4.79 Å². The Morgan fingerprint density at radius 1 is 1.04 bits per heavy atom. The predicted molar refractivity (Wildman–Crippen MR) is 103 cm³/mol. The molecule has 1 aromatic carbocycles. The molecule has 1 saturated carbocycles. The van der Waals surface area contributed by atoms with Crippen molar-refractivity contribution in [2.24, 2.45) is 5.92 Å². The van der Waals surface area contributed by atoms with Gasteiger partial charge in [0, 0.05) is 30.8 Å². The number of amides is 1. The van der Waals surface area contributed by atoms with E-state index in [1.54, 1.807) is 6.33 Å². The van der Waals surface area contributed by atoms with Gasteiger partial charge in [0.05, 0.1) is 11.6 Å². The maximum absolute atomic E-state index is 12.6. The van der Waals surface area contributed by atoms with Crippen LogP contribution < -0.4 is 10.2 Å². The van der Waals surface area contributed by atoms with Crippen molar-refractivity contribution in [3.8, 4) is 11.3 Å². The fourth-order valence-electron chi connectivity index (χ4n) is 4.08. The molecule has 1 aliphatic heterocycles. The lowest BCUT2D eigenvalue weighted by atomic mass is 9.96. The van der Waals surface area contributed by atoms with Crippen molar-refractivity contribution in [2.45, 2.75) is 44.6 Å². The summed E-state index contributed by atoms with van der Waals surface area (Å²) in [4.78, 5) is 23.8. The number of piperidine rings is 1. The van der Waals surface area contributed by atoms with Crippen molar-refractivity contribution in [3.05, 3.63) is 42.7 Å². The van der Waals surface area contributed by atoms with Crippen LogP contribution >= 0.6 is 0 Å². The van der Waals surface area contributed by atoms with Crippen molar-refractivity contribution in [1.29, 1.82) is 0 Å². The SMILES string of the molecule is O=C(NC1CCCC1)C1CCCN(c2cc(-c3ccccc3)ncn2)C1. The lowest BCUT2D eigenvalue weighted by Gasteiger charge is -2.33. The lowest BCUT2D eigenvalue weighted by molar-refractivity contribution is -0.125. The number of nitrogens with one attached hydrogen (secondary N) is 1. The fraction of sp³-hybridized carbons (Fsp3) is 0.476. The van der Waals surface area contributed by atoms with Gasteiger partial charge in [-0.1, -0.05) is 43.2 Å². The number of nitrogens with zero attached hydrogens (tertiary/aromatic N) is 3. The Bertz CT molecular complexity index is 743. The highest BCUT2D eigenvalue weighted by Crippen LogP contribution is 2.26. The van der Waals surface area contributed by atoms with Gasteiger partial charge in [-0.3, -0.25) is 4.79 Å². The summed E-state index contributed by atoms with van der Waals surface area (Å²) in [6.45, 7) is 1.68. The Hall–Kier alpha value is -2.43. The third-order valence-corrected chi connectivity index (χ3v) is 5.54. The molecule has 2 heterocycles. The van der Waals surface area contributed by atoms with Crippen LogP contribution in [0, 0.1) is 5.92 Å². The standard InChI is InChI=1S/C21H26N4O/c26-21(24-18-10-4-5-11-18)17-9-6-12-25(14-17)20-13-19(22-15-23-20)16-7-2-1-3-8-16/h1-3,7-8,13,15,17-18H,4-6,9-12,14H2,(H,24,26). The number of hydrogen-bond acceptors (Lipinski definition) is 4. The number of rotatable bonds is 4. The summed E-state index contributed by atoms with van der Waals surface area (Å²) >= 11 is 0. The second-order valence-corrected chi connectivity index (χ2v) is 7.40. The lowest BCUT2D eigenvalue weighted by Crippen LogP contribution is -2.45. The molecule has 1 atom stereocenters. The van der Waals surface area contributed by atoms with Crippen molar-refractivity contribution >= 4 is 11.7 Å². The van der Waals surface area contributed by atoms with Gasteiger partial charge < -0.3 is 10.2 Å². The van der Waals surface area contributed by atoms with Crippen molar-refractivity contribution < 1.29 is 4.79 Å². The van der Waals surface area contributed by atoms with Crippen molar-refractivity contribution in [1.82, 2.24) is 15.3 Å². The summed E-state index contributed by atoms with van der Waals surface area (Å²) in [6, 6.07) is 12.6. The highest BCUT2D eigenvalue weighted by atomic mass is 16.2. The number of aromatic nitrogens is 2. The van der Waals surface area contributed by atoms with Gasteiger partial charge in [-0.15, -0.1) is 0 Å². The summed E-state index contributed by atoms with van der Waals surface area (Å²) in [5.74, 6) is 1.19. The van der Waals surface area contributed by atoms with Crippen LogP contribution in [-0.4, -0.2) is 35.0 Å². The molecule has 0 bridgehead atoms. The number of anilines is 1. The molecule has 5 nitrogen and oxygen atoms in total. The van der Waals surface area contributed by atoms with Gasteiger partial charge in [-0.05, 0) is 25.7 Å². The highest BCUT2D eigenvalue weighted by Gasteiger charge is 2.28. The van der Waals surface area contributed by atoms with Gasteiger partial charge in [0.2, 0.25) is 5.91 Å². The van der Waals surface area contributed by atoms with Crippen LogP contribution in [0.5, 0.6) is 0 Å². The minimum atomic E-state index is 0.0551. The van der Waals surface area contributed by atoms with E-state index in [-0.39, 0.29) is 11.8 Å². The molecule has 2 aromatic rings. The Labute approximate surface area is 154 Å². The zero-order valence-electron chi connectivity index (χ0n) is 15.1. The first-order chi connectivity index (χ1) is 12.8. The van der Waals surface area contributed by atoms with Crippen LogP contribution in [0.1, 0.15) is 38.5 Å². The van der Waals surface area contributed by atoms with E-state index >= 15 is 0 Å². The maximum Gasteiger partial charge on any atom is 0.225 e. The molecule has 1 amide bonds. The Balaban J connectivity index is 1.45. The minimum absolute atomic E-state index is 0.0551. The molecule has 0 radical (unpaired) electrons. The van der Waals surface area contributed by atoms with Crippen LogP contribution in [0.2, 0.25) is 0 Å². The van der Waals surface area contributed by atoms with Gasteiger partial charge in [0.25, 0.3) is 0 Å². The second kappa shape index (κ2) is 7.85. The van der Waals surface area contributed by atoms with E-state index in [2.05, 4.69) is 32.3 Å². The Morgan fingerprint density at radius 2 is 1.85 bits per heavy atom. The molecule has 1 saturated heterocycles. The third kappa shape index (κ3) is 3.87. The molecule has 0 spiro atoms. The van der Waals surface area contributed by atoms with Crippen LogP contribution in [0.3, 0.4) is 0 Å². The first-order valence-electron chi connectivity index (χ1n) is 9.72. The minimum Gasteiger partial charge on any atom is -0.356 e. The molecular formula is C21H26N4O. The van der Waals surface area contributed by atoms with Crippen molar-refractivity contribution in [2.75, 3.05) is 18.0 Å². The van der Waals surface area contributed by atoms with Crippen LogP contribution in [0.25, 0.3) is 11.3 Å². The molecule has 4 rings (SSSR count). The van der Waals surface area contributed by atoms with Crippen LogP contribution in [-0.2, 0) is 4.79 Å². The number of carbonyl (C=O) groups is 1. The zero-order chi connectivity index (χ0) is 17.8. The average molecular weight is 350 g/mol. The summed E-state index contributed by atoms with van der Waals surface area (Å²) in [5.41, 5.74) is 2.01. The van der Waals surface area contributed by atoms with E-state index in [1.165, 1.54) is 12.8 Å². The second-order valence-electron chi connectivity index (χ2n) is 7.40. The Kier molecular flexibility index (Phi) is 5.14. The third-order valence-electron chi connectivity index (χ3n) is 5.54. The summed E-state index contributed by atoms with van der Waals surface area (Å²) in [7, 11) is 0. The molecule has 2 fully saturated rings. The van der Waals surface area contributed by atoms with Gasteiger partial charge in [-0.2, -0.15) is 0 Å². The van der Waals surface area contributed by atoms with E-state index in [4.69, 9.17) is 0 Å². The monoisotopic (exact) mass is 350 g/mol. The first-order valence-corrected chi connectivity index (χ1v) is 9.72. The van der Waals surface area contributed by atoms with Crippen molar-refractivity contribution in [3.63, 3.8) is 0 Å². The quantitative estimate of drug-likeness (QED) is 0.918. The van der Waals surface area contributed by atoms with Gasteiger partial charge in [-0.25, -0.2) is 9.97 Å². The zero-order valence-corrected chi connectivity index (χ0v) is 15.1. The molecular weight excluding hydrogens is 324 g/mol. The molecule has 26 heavy (non-hydrogen) atoms. The van der Waals surface area contributed by atoms with Gasteiger partial charge in [0.15, 0.2) is 0 Å². The van der Waals surface area contributed by atoms with E-state index in [0.717, 1.165) is 55.8 Å². The molecule has 136 valence electrons. The predicted octanol–water partition coefficient (Wildman–Crippen LogP) is 3.42. The summed E-state index contributed by atoms with van der Waals surface area (Å²) < 4.78 is 0. The molecule has 1 unspecified atom stereocenters. The van der Waals surface area contributed by atoms with Crippen LogP contribution in [0.15, 0.2) is 42.7 Å².